The first-order valence-corrected chi connectivity index (χ1v) is 12.2. The Hall–Kier alpha value is -2.84. The number of H-pyrrole nitrogens is 1. The van der Waals surface area contributed by atoms with Crippen LogP contribution in [0.2, 0.25) is 13.1 Å². The van der Waals surface area contributed by atoms with E-state index in [1.54, 1.807) is 10.4 Å². The van der Waals surface area contributed by atoms with Crippen molar-refractivity contribution in [1.29, 1.82) is 0 Å². The molecule has 2 heteroatoms. The quantitative estimate of drug-likeness (QED) is 0.366. The summed E-state index contributed by atoms with van der Waals surface area (Å²) in [6.07, 6.45) is 0. The summed E-state index contributed by atoms with van der Waals surface area (Å²) < 4.78 is 0. The first-order chi connectivity index (χ1) is 12.6. The molecule has 4 aromatic carbocycles. The number of hydrogen-bond acceptors (Lipinski definition) is 0. The van der Waals surface area contributed by atoms with Gasteiger partial charge in [0.15, 0.2) is 0 Å². The van der Waals surface area contributed by atoms with Gasteiger partial charge in [-0.1, -0.05) is 73.8 Å². The molecule has 0 saturated carbocycles. The van der Waals surface area contributed by atoms with Crippen molar-refractivity contribution in [2.75, 3.05) is 0 Å². The number of rotatable bonds is 0. The number of nitrogens with one attached hydrogen (secondary N) is 1. The first-order valence-electron chi connectivity index (χ1n) is 9.22. The first kappa shape index (κ1) is 14.3. The number of para-hydroxylation sites is 1. The Morgan fingerprint density at radius 3 is 2.38 bits per heavy atom. The van der Waals surface area contributed by atoms with Crippen molar-refractivity contribution >= 4 is 51.0 Å². The summed E-state index contributed by atoms with van der Waals surface area (Å²) in [6, 6.07) is 27.1. The lowest BCUT2D eigenvalue weighted by molar-refractivity contribution is 1.56. The van der Waals surface area contributed by atoms with Gasteiger partial charge in [0, 0.05) is 21.7 Å². The highest BCUT2D eigenvalue weighted by Gasteiger charge is 2.37. The zero-order valence-corrected chi connectivity index (χ0v) is 15.9. The van der Waals surface area contributed by atoms with Gasteiger partial charge in [0.1, 0.15) is 8.07 Å². The Labute approximate surface area is 153 Å². The van der Waals surface area contributed by atoms with Gasteiger partial charge in [0.05, 0.1) is 5.52 Å². The Morgan fingerprint density at radius 1 is 0.654 bits per heavy atom. The maximum Gasteiger partial charge on any atom is 0.113 e. The molecule has 0 aliphatic carbocycles. The summed E-state index contributed by atoms with van der Waals surface area (Å²) in [4.78, 5) is 3.67. The van der Waals surface area contributed by atoms with Crippen LogP contribution in [0.5, 0.6) is 0 Å². The average Bonchev–Trinajstić information content (AvgIpc) is 3.15. The number of fused-ring (bicyclic) bond motifs is 8. The van der Waals surface area contributed by atoms with Crippen LogP contribution in [0.25, 0.3) is 43.7 Å². The Morgan fingerprint density at radius 2 is 1.46 bits per heavy atom. The number of aromatic nitrogens is 1. The number of hydrogen-bond donors (Lipinski definition) is 1. The molecule has 5 aromatic rings. The molecule has 1 aliphatic heterocycles. The SMILES string of the molecule is C[Si]1(C)c2ccccc2-c2cc3c(ccc4c5ccccc5[nH]c34)cc21. The van der Waals surface area contributed by atoms with E-state index in [9.17, 15) is 0 Å². The third kappa shape index (κ3) is 1.65. The number of aromatic amines is 1. The maximum atomic E-state index is 3.67. The van der Waals surface area contributed by atoms with E-state index in [0.29, 0.717) is 0 Å². The molecule has 1 nitrogen and oxygen atoms in total. The highest BCUT2D eigenvalue weighted by Crippen LogP contribution is 2.35. The van der Waals surface area contributed by atoms with E-state index < -0.39 is 8.07 Å². The summed E-state index contributed by atoms with van der Waals surface area (Å²) in [5.74, 6) is 0. The van der Waals surface area contributed by atoms with Gasteiger partial charge in [0.25, 0.3) is 0 Å². The molecule has 0 saturated heterocycles. The largest absolute Gasteiger partial charge is 0.354 e. The van der Waals surface area contributed by atoms with E-state index in [4.69, 9.17) is 0 Å². The molecular weight excluding hydrogens is 330 g/mol. The predicted molar refractivity (Wildman–Crippen MR) is 115 cm³/mol. The molecule has 1 aromatic heterocycles. The third-order valence-corrected chi connectivity index (χ3v) is 9.74. The molecular formula is C24H19NSi. The summed E-state index contributed by atoms with van der Waals surface area (Å²) >= 11 is 0. The minimum Gasteiger partial charge on any atom is -0.354 e. The Bertz CT molecular complexity index is 1360. The molecule has 6 rings (SSSR count). The molecule has 0 atom stereocenters. The third-order valence-electron chi connectivity index (χ3n) is 6.20. The van der Waals surface area contributed by atoms with Gasteiger partial charge in [-0.3, -0.25) is 0 Å². The molecule has 0 amide bonds. The van der Waals surface area contributed by atoms with Crippen molar-refractivity contribution in [3.63, 3.8) is 0 Å². The number of benzene rings is 4. The lowest BCUT2D eigenvalue weighted by atomic mass is 9.99. The minimum atomic E-state index is -1.61. The summed E-state index contributed by atoms with van der Waals surface area (Å²) in [5, 5.41) is 8.44. The topological polar surface area (TPSA) is 15.8 Å². The second kappa shape index (κ2) is 4.66. The van der Waals surface area contributed by atoms with E-state index in [2.05, 4.69) is 90.9 Å². The fourth-order valence-electron chi connectivity index (χ4n) is 4.84. The Balaban J connectivity index is 1.78. The fraction of sp³-hybridized carbons (Fsp3) is 0.0833. The molecule has 0 unspecified atom stereocenters. The normalized spacial score (nSPS) is 14.8. The average molecular weight is 350 g/mol. The highest BCUT2D eigenvalue weighted by atomic mass is 28.3. The molecule has 0 bridgehead atoms. The molecule has 0 radical (unpaired) electrons. The fourth-order valence-corrected chi connectivity index (χ4v) is 7.93. The van der Waals surface area contributed by atoms with Crippen LogP contribution in [0, 0.1) is 0 Å². The van der Waals surface area contributed by atoms with Gasteiger partial charge < -0.3 is 4.98 Å². The van der Waals surface area contributed by atoms with Crippen molar-refractivity contribution in [2.45, 2.75) is 13.1 Å². The van der Waals surface area contributed by atoms with Crippen molar-refractivity contribution < 1.29 is 0 Å². The van der Waals surface area contributed by atoms with Gasteiger partial charge >= 0.3 is 0 Å². The van der Waals surface area contributed by atoms with Crippen LogP contribution in [-0.4, -0.2) is 13.1 Å². The molecule has 0 fully saturated rings. The van der Waals surface area contributed by atoms with E-state index in [0.717, 1.165) is 0 Å². The standard InChI is InChI=1S/C24H19NSi/c1-26(2)22-10-6-4-8-17(22)20-14-19-15(13-23(20)26)11-12-18-16-7-3-5-9-21(16)25-24(18)19/h3-14,25H,1-2H3. The van der Waals surface area contributed by atoms with Crippen molar-refractivity contribution in [3.8, 4) is 11.1 Å². The van der Waals surface area contributed by atoms with Crippen LogP contribution >= 0.6 is 0 Å². The minimum absolute atomic E-state index is 1.21. The predicted octanol–water partition coefficient (Wildman–Crippen LogP) is 5.28. The van der Waals surface area contributed by atoms with E-state index in [1.807, 2.05) is 0 Å². The van der Waals surface area contributed by atoms with Gasteiger partial charge in [-0.25, -0.2) is 0 Å². The van der Waals surface area contributed by atoms with Crippen molar-refractivity contribution in [3.05, 3.63) is 72.8 Å². The second-order valence-electron chi connectivity index (χ2n) is 7.95. The second-order valence-corrected chi connectivity index (χ2v) is 12.3. The van der Waals surface area contributed by atoms with Crippen LogP contribution < -0.4 is 10.4 Å². The summed E-state index contributed by atoms with van der Waals surface area (Å²) in [6.45, 7) is 4.95. The Kier molecular flexibility index (Phi) is 2.57. The van der Waals surface area contributed by atoms with Crippen LogP contribution in [0.15, 0.2) is 72.8 Å². The highest BCUT2D eigenvalue weighted by molar-refractivity contribution is 7.04. The van der Waals surface area contributed by atoms with Gasteiger partial charge in [-0.15, -0.1) is 0 Å². The molecule has 0 spiro atoms. The van der Waals surface area contributed by atoms with E-state index >= 15 is 0 Å². The van der Waals surface area contributed by atoms with Crippen molar-refractivity contribution in [1.82, 2.24) is 4.98 Å². The molecule has 1 N–H and O–H groups in total. The molecule has 2 heterocycles. The van der Waals surface area contributed by atoms with Crippen LogP contribution in [0.3, 0.4) is 0 Å². The van der Waals surface area contributed by atoms with E-state index in [1.165, 1.54) is 43.7 Å². The molecule has 1 aliphatic rings. The maximum absolute atomic E-state index is 3.67. The van der Waals surface area contributed by atoms with Gasteiger partial charge in [-0.05, 0) is 39.0 Å². The van der Waals surface area contributed by atoms with E-state index in [-0.39, 0.29) is 0 Å². The lowest BCUT2D eigenvalue weighted by Gasteiger charge is -2.19. The molecule has 124 valence electrons. The summed E-state index contributed by atoms with van der Waals surface area (Å²) in [5.41, 5.74) is 5.35. The summed E-state index contributed by atoms with van der Waals surface area (Å²) in [7, 11) is -1.61. The smallest absolute Gasteiger partial charge is 0.113 e. The zero-order valence-electron chi connectivity index (χ0n) is 14.9. The van der Waals surface area contributed by atoms with Crippen LogP contribution in [-0.2, 0) is 0 Å². The van der Waals surface area contributed by atoms with Crippen LogP contribution in [0.1, 0.15) is 0 Å². The molecule has 26 heavy (non-hydrogen) atoms. The van der Waals surface area contributed by atoms with Crippen LogP contribution in [0.4, 0.5) is 0 Å². The van der Waals surface area contributed by atoms with Gasteiger partial charge in [0.2, 0.25) is 0 Å². The lowest BCUT2D eigenvalue weighted by Crippen LogP contribution is -2.49. The van der Waals surface area contributed by atoms with Crippen molar-refractivity contribution in [2.24, 2.45) is 0 Å². The monoisotopic (exact) mass is 349 g/mol. The van der Waals surface area contributed by atoms with Gasteiger partial charge in [-0.2, -0.15) is 0 Å². The zero-order chi connectivity index (χ0) is 17.5.